The number of fused-ring (bicyclic) bond motifs is 1. The van der Waals surface area contributed by atoms with Crippen LogP contribution in [0.3, 0.4) is 0 Å². The molecule has 3 aromatic heterocycles. The van der Waals surface area contributed by atoms with Crippen LogP contribution in [0.5, 0.6) is 0 Å². The molecule has 4 aromatic rings. The van der Waals surface area contributed by atoms with Crippen LogP contribution < -0.4 is 9.62 Å². The first kappa shape index (κ1) is 19.9. The molecule has 1 saturated heterocycles. The Balaban J connectivity index is 1.46. The highest BCUT2D eigenvalue weighted by atomic mass is 32.3. The fraction of sp³-hybridized carbons (Fsp3) is 0.348. The molecule has 8 heteroatoms. The lowest BCUT2D eigenvalue weighted by molar-refractivity contribution is 0.798. The van der Waals surface area contributed by atoms with Crippen LogP contribution in [0.2, 0.25) is 0 Å². The van der Waals surface area contributed by atoms with Gasteiger partial charge in [-0.2, -0.15) is 10.2 Å². The van der Waals surface area contributed by atoms with Crippen molar-refractivity contribution < 1.29 is 0 Å². The maximum atomic E-state index is 4.68. The van der Waals surface area contributed by atoms with E-state index in [2.05, 4.69) is 74.5 Å². The Morgan fingerprint density at radius 3 is 2.74 bits per heavy atom. The van der Waals surface area contributed by atoms with E-state index in [1.807, 2.05) is 35.0 Å². The summed E-state index contributed by atoms with van der Waals surface area (Å²) in [7, 11) is 0.669. The molecule has 7 nitrogen and oxygen atoms in total. The van der Waals surface area contributed by atoms with Gasteiger partial charge in [0, 0.05) is 54.6 Å². The molecule has 0 spiro atoms. The third kappa shape index (κ3) is 3.65. The van der Waals surface area contributed by atoms with Crippen LogP contribution in [-0.4, -0.2) is 49.6 Å². The van der Waals surface area contributed by atoms with Crippen LogP contribution >= 0.6 is 10.2 Å². The van der Waals surface area contributed by atoms with E-state index in [9.17, 15) is 0 Å². The highest BCUT2D eigenvalue weighted by Crippen LogP contribution is 2.52. The lowest BCUT2D eigenvalue weighted by Gasteiger charge is -2.36. The largest absolute Gasteiger partial charge is 0.371 e. The molecule has 4 heterocycles. The zero-order valence-corrected chi connectivity index (χ0v) is 19.1. The summed E-state index contributed by atoms with van der Waals surface area (Å²) < 4.78 is 7.69. The topological polar surface area (TPSA) is 63.8 Å². The van der Waals surface area contributed by atoms with E-state index in [0.717, 1.165) is 41.3 Å². The number of benzene rings is 1. The summed E-state index contributed by atoms with van der Waals surface area (Å²) in [6, 6.07) is 10.6. The standard InChI is InChI=1S/C23H29N7S/c1-4-31(3,27-21-9-7-8-18-15-25-28(2)23(18)21)20-16-26-30(17-20)22-14-19(10-11-24-22)29-12-5-6-13-29/h7-11,14-17,27H,4-6,12-13H2,1-3H3. The fourth-order valence-electron chi connectivity index (χ4n) is 4.23. The molecular weight excluding hydrogens is 406 g/mol. The molecule has 1 fully saturated rings. The van der Waals surface area contributed by atoms with E-state index < -0.39 is 10.2 Å². The molecule has 1 atom stereocenters. The van der Waals surface area contributed by atoms with Crippen molar-refractivity contribution in [3.8, 4) is 5.82 Å². The maximum Gasteiger partial charge on any atom is 0.155 e. The van der Waals surface area contributed by atoms with Crippen molar-refractivity contribution in [1.82, 2.24) is 24.5 Å². The Morgan fingerprint density at radius 1 is 1.10 bits per heavy atom. The van der Waals surface area contributed by atoms with Crippen molar-refractivity contribution in [3.63, 3.8) is 0 Å². The second kappa shape index (κ2) is 7.92. The third-order valence-electron chi connectivity index (χ3n) is 6.19. The lowest BCUT2D eigenvalue weighted by Crippen LogP contribution is -2.18. The van der Waals surface area contributed by atoms with Gasteiger partial charge in [-0.25, -0.2) is 9.67 Å². The Bertz CT molecular complexity index is 1210. The first-order valence-corrected chi connectivity index (χ1v) is 13.0. The maximum absolute atomic E-state index is 4.68. The predicted octanol–water partition coefficient (Wildman–Crippen LogP) is 4.59. The number of pyridine rings is 1. The lowest BCUT2D eigenvalue weighted by atomic mass is 10.2. The Morgan fingerprint density at radius 2 is 1.94 bits per heavy atom. The van der Waals surface area contributed by atoms with Crippen molar-refractivity contribution in [1.29, 1.82) is 0 Å². The van der Waals surface area contributed by atoms with Gasteiger partial charge in [-0.15, -0.1) is 10.2 Å². The van der Waals surface area contributed by atoms with Gasteiger partial charge in [-0.1, -0.05) is 19.1 Å². The SMILES string of the molecule is CCS(C)(Nc1cccc2cnn(C)c12)c1cnn(-c2cc(N3CCCC3)ccn2)c1. The third-order valence-corrected chi connectivity index (χ3v) is 9.26. The number of hydrogen-bond donors (Lipinski definition) is 1. The zero-order valence-electron chi connectivity index (χ0n) is 18.3. The average Bonchev–Trinajstić information content (AvgIpc) is 3.56. The molecule has 0 amide bonds. The Hall–Kier alpha value is -3.00. The molecular formula is C23H29N7S. The number of hydrogen-bond acceptors (Lipinski definition) is 5. The molecule has 1 aliphatic heterocycles. The van der Waals surface area contributed by atoms with E-state index in [1.54, 1.807) is 0 Å². The highest BCUT2D eigenvalue weighted by molar-refractivity contribution is 8.34. The summed E-state index contributed by atoms with van der Waals surface area (Å²) in [5.74, 6) is 1.86. The number of para-hydroxylation sites is 1. The van der Waals surface area contributed by atoms with Gasteiger partial charge in [0.2, 0.25) is 0 Å². The monoisotopic (exact) mass is 435 g/mol. The molecule has 5 rings (SSSR count). The normalized spacial score (nSPS) is 17.1. The number of aromatic nitrogens is 5. The van der Waals surface area contributed by atoms with Gasteiger partial charge in [-0.05, 0) is 37.0 Å². The van der Waals surface area contributed by atoms with Gasteiger partial charge >= 0.3 is 0 Å². The average molecular weight is 436 g/mol. The second-order valence-corrected chi connectivity index (χ2v) is 11.6. The van der Waals surface area contributed by atoms with E-state index in [1.165, 1.54) is 23.4 Å². The summed E-state index contributed by atoms with van der Waals surface area (Å²) in [4.78, 5) is 8.22. The van der Waals surface area contributed by atoms with Gasteiger partial charge in [0.25, 0.3) is 0 Å². The van der Waals surface area contributed by atoms with Crippen LogP contribution in [0, 0.1) is 0 Å². The van der Waals surface area contributed by atoms with Crippen LogP contribution in [0.15, 0.2) is 60.0 Å². The molecule has 0 saturated carbocycles. The van der Waals surface area contributed by atoms with Crippen molar-refractivity contribution in [2.75, 3.05) is 34.7 Å². The highest BCUT2D eigenvalue weighted by Gasteiger charge is 2.23. The molecule has 1 aromatic carbocycles. The minimum atomic E-state index is -1.32. The molecule has 1 unspecified atom stereocenters. The zero-order chi connectivity index (χ0) is 21.4. The second-order valence-electron chi connectivity index (χ2n) is 8.18. The van der Waals surface area contributed by atoms with Gasteiger partial charge < -0.3 is 9.62 Å². The van der Waals surface area contributed by atoms with Crippen molar-refractivity contribution in [2.45, 2.75) is 24.7 Å². The summed E-state index contributed by atoms with van der Waals surface area (Å²) in [6.07, 6.45) is 12.7. The summed E-state index contributed by atoms with van der Waals surface area (Å²) >= 11 is 0. The minimum absolute atomic E-state index is 0.863. The van der Waals surface area contributed by atoms with E-state index in [4.69, 9.17) is 0 Å². The molecule has 1 aliphatic rings. The molecule has 0 radical (unpaired) electrons. The number of anilines is 2. The molecule has 1 N–H and O–H groups in total. The number of aryl methyl sites for hydroxylation is 1. The van der Waals surface area contributed by atoms with Crippen LogP contribution in [-0.2, 0) is 7.05 Å². The van der Waals surface area contributed by atoms with Gasteiger partial charge in [-0.3, -0.25) is 4.68 Å². The summed E-state index contributed by atoms with van der Waals surface area (Å²) in [6.45, 7) is 4.47. The quantitative estimate of drug-likeness (QED) is 0.480. The fourth-order valence-corrected chi connectivity index (χ4v) is 6.08. The molecule has 162 valence electrons. The Kier molecular flexibility index (Phi) is 5.09. The van der Waals surface area contributed by atoms with Crippen LogP contribution in [0.4, 0.5) is 11.4 Å². The smallest absolute Gasteiger partial charge is 0.155 e. The summed E-state index contributed by atoms with van der Waals surface area (Å²) in [5, 5.41) is 10.2. The molecule has 0 bridgehead atoms. The first-order chi connectivity index (χ1) is 15.1. The summed E-state index contributed by atoms with van der Waals surface area (Å²) in [5.41, 5.74) is 3.46. The van der Waals surface area contributed by atoms with Crippen LogP contribution in [0.1, 0.15) is 19.8 Å². The van der Waals surface area contributed by atoms with Gasteiger partial charge in [0.1, 0.15) is 0 Å². The molecule has 0 aliphatic carbocycles. The van der Waals surface area contributed by atoms with E-state index in [0.29, 0.717) is 0 Å². The predicted molar refractivity (Wildman–Crippen MR) is 129 cm³/mol. The van der Waals surface area contributed by atoms with E-state index >= 15 is 0 Å². The van der Waals surface area contributed by atoms with Crippen molar-refractivity contribution in [2.24, 2.45) is 7.05 Å². The molecule has 31 heavy (non-hydrogen) atoms. The first-order valence-electron chi connectivity index (χ1n) is 10.8. The van der Waals surface area contributed by atoms with Gasteiger partial charge in [0.05, 0.1) is 23.6 Å². The number of rotatable bonds is 6. The van der Waals surface area contributed by atoms with E-state index in [-0.39, 0.29) is 0 Å². The number of nitrogens with zero attached hydrogens (tertiary/aromatic N) is 6. The Labute approximate surface area is 184 Å². The number of nitrogens with one attached hydrogen (secondary N) is 1. The van der Waals surface area contributed by atoms with Crippen molar-refractivity contribution in [3.05, 3.63) is 55.1 Å². The van der Waals surface area contributed by atoms with Crippen molar-refractivity contribution >= 4 is 32.5 Å². The van der Waals surface area contributed by atoms with Gasteiger partial charge in [0.15, 0.2) is 5.82 Å². The minimum Gasteiger partial charge on any atom is -0.371 e. The van der Waals surface area contributed by atoms with Crippen LogP contribution in [0.25, 0.3) is 16.7 Å².